The van der Waals surface area contributed by atoms with Crippen LogP contribution < -0.4 is 5.73 Å². The van der Waals surface area contributed by atoms with Gasteiger partial charge in [0, 0.05) is 13.2 Å². The van der Waals surface area contributed by atoms with E-state index in [9.17, 15) is 4.79 Å². The van der Waals surface area contributed by atoms with Crippen LogP contribution in [0, 0.1) is 5.92 Å². The topological polar surface area (TPSA) is 67.9 Å². The number of amidine groups is 1. The van der Waals surface area contributed by atoms with E-state index in [1.807, 2.05) is 13.8 Å². The van der Waals surface area contributed by atoms with E-state index in [4.69, 9.17) is 10.5 Å². The Labute approximate surface area is 95.6 Å². The minimum Gasteiger partial charge on any atom is -0.385 e. The molecule has 0 aromatic heterocycles. The average Bonchev–Trinajstić information content (AvgIpc) is 3.02. The fourth-order valence-electron chi connectivity index (χ4n) is 1.92. The molecule has 2 amide bonds. The minimum absolute atomic E-state index is 0.216. The number of amides is 2. The number of hydrogen-bond acceptors (Lipinski definition) is 3. The smallest absolute Gasteiger partial charge is 0.346 e. The number of ether oxygens (including phenoxy) is 1. The van der Waals surface area contributed by atoms with Crippen molar-refractivity contribution in [2.24, 2.45) is 16.6 Å². The maximum atomic E-state index is 11.7. The molecular weight excluding hydrogens is 206 g/mol. The molecule has 2 N–H and O–H groups in total. The normalized spacial score (nSPS) is 29.8. The predicted molar refractivity (Wildman–Crippen MR) is 61.3 cm³/mol. The van der Waals surface area contributed by atoms with Gasteiger partial charge in [0.15, 0.2) is 0 Å². The molecule has 90 valence electrons. The van der Waals surface area contributed by atoms with E-state index in [1.54, 1.807) is 4.90 Å². The third kappa shape index (κ3) is 1.91. The highest BCUT2D eigenvalue weighted by Crippen LogP contribution is 2.34. The van der Waals surface area contributed by atoms with Gasteiger partial charge in [-0.05, 0) is 32.6 Å². The van der Waals surface area contributed by atoms with Crippen molar-refractivity contribution >= 4 is 11.9 Å². The van der Waals surface area contributed by atoms with Crippen LogP contribution in [0.2, 0.25) is 0 Å². The Kier molecular flexibility index (Phi) is 2.88. The summed E-state index contributed by atoms with van der Waals surface area (Å²) in [5.41, 5.74) is 5.29. The lowest BCUT2D eigenvalue weighted by Crippen LogP contribution is -2.55. The molecule has 0 radical (unpaired) electrons. The molecule has 16 heavy (non-hydrogen) atoms. The fraction of sp³-hybridized carbons (Fsp3) is 0.818. The average molecular weight is 225 g/mol. The summed E-state index contributed by atoms with van der Waals surface area (Å²) in [6.07, 6.45) is 2.41. The summed E-state index contributed by atoms with van der Waals surface area (Å²) in [6.45, 7) is 5.66. The number of nitrogens with zero attached hydrogens (tertiary/aromatic N) is 2. The van der Waals surface area contributed by atoms with Crippen LogP contribution in [0.3, 0.4) is 0 Å². The third-order valence-corrected chi connectivity index (χ3v) is 3.32. The van der Waals surface area contributed by atoms with Gasteiger partial charge in [-0.25, -0.2) is 4.79 Å². The van der Waals surface area contributed by atoms with E-state index in [-0.39, 0.29) is 6.03 Å². The van der Waals surface area contributed by atoms with Gasteiger partial charge in [0.2, 0.25) is 0 Å². The molecule has 0 saturated heterocycles. The number of rotatable bonds is 5. The van der Waals surface area contributed by atoms with Gasteiger partial charge >= 0.3 is 6.03 Å². The van der Waals surface area contributed by atoms with Crippen molar-refractivity contribution in [1.82, 2.24) is 4.90 Å². The van der Waals surface area contributed by atoms with Crippen LogP contribution in [0.4, 0.5) is 4.79 Å². The monoisotopic (exact) mass is 225 g/mol. The molecule has 1 saturated carbocycles. The van der Waals surface area contributed by atoms with Crippen LogP contribution in [0.5, 0.6) is 0 Å². The van der Waals surface area contributed by atoms with Crippen LogP contribution >= 0.6 is 0 Å². The summed E-state index contributed by atoms with van der Waals surface area (Å²) < 4.78 is 5.42. The van der Waals surface area contributed by atoms with Crippen LogP contribution in [-0.2, 0) is 4.74 Å². The van der Waals surface area contributed by atoms with Crippen LogP contribution in [-0.4, -0.2) is 42.1 Å². The Morgan fingerprint density at radius 3 is 2.88 bits per heavy atom. The minimum atomic E-state index is -0.546. The van der Waals surface area contributed by atoms with Gasteiger partial charge in [0.1, 0.15) is 11.4 Å². The van der Waals surface area contributed by atoms with Crippen molar-refractivity contribution < 1.29 is 9.53 Å². The molecule has 0 aromatic rings. The molecule has 5 nitrogen and oxygen atoms in total. The molecule has 1 heterocycles. The first-order valence-corrected chi connectivity index (χ1v) is 5.82. The first-order chi connectivity index (χ1) is 7.58. The highest BCUT2D eigenvalue weighted by Gasteiger charge is 2.46. The molecule has 2 rings (SSSR count). The molecule has 1 fully saturated rings. The van der Waals surface area contributed by atoms with E-state index in [1.165, 1.54) is 12.8 Å². The maximum absolute atomic E-state index is 11.7. The number of nitrogens with two attached hydrogens (primary N) is 1. The van der Waals surface area contributed by atoms with Gasteiger partial charge in [-0.3, -0.25) is 0 Å². The van der Waals surface area contributed by atoms with Crippen molar-refractivity contribution in [1.29, 1.82) is 0 Å². The second-order valence-electron chi connectivity index (χ2n) is 4.74. The Hall–Kier alpha value is -1.10. The Balaban J connectivity index is 2.10. The highest BCUT2D eigenvalue weighted by atomic mass is 16.5. The van der Waals surface area contributed by atoms with Crippen molar-refractivity contribution in [2.45, 2.75) is 32.2 Å². The molecule has 1 aliphatic heterocycles. The number of carbonyl (C=O) groups is 1. The summed E-state index contributed by atoms with van der Waals surface area (Å²) >= 11 is 0. The van der Waals surface area contributed by atoms with Crippen LogP contribution in [0.25, 0.3) is 0 Å². The predicted octanol–water partition coefficient (Wildman–Crippen LogP) is 0.984. The standard InChI is InChI=1S/C11H19N3O2/c1-3-16-7-11(2)9(12)13-10(15)14(11)6-8-4-5-8/h8H,3-7H2,1-2H3,(H2,12,13,15). The van der Waals surface area contributed by atoms with E-state index in [2.05, 4.69) is 4.99 Å². The zero-order valence-electron chi connectivity index (χ0n) is 9.90. The Bertz CT molecular complexity index is 325. The Morgan fingerprint density at radius 1 is 1.62 bits per heavy atom. The summed E-state index contributed by atoms with van der Waals surface area (Å²) in [5, 5.41) is 0. The van der Waals surface area contributed by atoms with E-state index < -0.39 is 5.54 Å². The Morgan fingerprint density at radius 2 is 2.31 bits per heavy atom. The number of aliphatic imine (C=N–C) groups is 1. The van der Waals surface area contributed by atoms with Gasteiger partial charge in [-0.2, -0.15) is 4.99 Å². The van der Waals surface area contributed by atoms with Crippen LogP contribution in [0.15, 0.2) is 4.99 Å². The largest absolute Gasteiger partial charge is 0.385 e. The molecule has 0 aromatic carbocycles. The fourth-order valence-corrected chi connectivity index (χ4v) is 1.92. The van der Waals surface area contributed by atoms with Crippen molar-refractivity contribution in [2.75, 3.05) is 19.8 Å². The van der Waals surface area contributed by atoms with Gasteiger partial charge in [0.25, 0.3) is 0 Å². The van der Waals surface area contributed by atoms with Gasteiger partial charge in [-0.15, -0.1) is 0 Å². The van der Waals surface area contributed by atoms with E-state index >= 15 is 0 Å². The third-order valence-electron chi connectivity index (χ3n) is 3.32. The SMILES string of the molecule is CCOCC1(C)C(N)=NC(=O)N1CC1CC1. The van der Waals surface area contributed by atoms with Crippen molar-refractivity contribution in [3.63, 3.8) is 0 Å². The van der Waals surface area contributed by atoms with Gasteiger partial charge in [-0.1, -0.05) is 0 Å². The highest BCUT2D eigenvalue weighted by molar-refractivity contribution is 6.05. The molecule has 1 atom stereocenters. The summed E-state index contributed by atoms with van der Waals surface area (Å²) in [7, 11) is 0. The zero-order chi connectivity index (χ0) is 11.8. The summed E-state index contributed by atoms with van der Waals surface area (Å²) in [6, 6.07) is -0.216. The second kappa shape index (κ2) is 4.05. The van der Waals surface area contributed by atoms with Crippen molar-refractivity contribution in [3.8, 4) is 0 Å². The van der Waals surface area contributed by atoms with E-state index in [0.717, 1.165) is 6.54 Å². The lowest BCUT2D eigenvalue weighted by molar-refractivity contribution is 0.0657. The van der Waals surface area contributed by atoms with Crippen molar-refractivity contribution in [3.05, 3.63) is 0 Å². The molecular formula is C11H19N3O2. The zero-order valence-corrected chi connectivity index (χ0v) is 9.90. The number of carbonyl (C=O) groups excluding carboxylic acids is 1. The molecule has 1 aliphatic carbocycles. The molecule has 1 unspecified atom stereocenters. The molecule has 2 aliphatic rings. The van der Waals surface area contributed by atoms with E-state index in [0.29, 0.717) is 25.0 Å². The lowest BCUT2D eigenvalue weighted by atomic mass is 10.0. The van der Waals surface area contributed by atoms with Gasteiger partial charge in [0.05, 0.1) is 6.61 Å². The van der Waals surface area contributed by atoms with Gasteiger partial charge < -0.3 is 15.4 Å². The molecule has 0 spiro atoms. The number of hydrogen-bond donors (Lipinski definition) is 1. The van der Waals surface area contributed by atoms with Crippen LogP contribution in [0.1, 0.15) is 26.7 Å². The summed E-state index contributed by atoms with van der Waals surface area (Å²) in [4.78, 5) is 17.3. The maximum Gasteiger partial charge on any atom is 0.346 e. The summed E-state index contributed by atoms with van der Waals surface area (Å²) in [5.74, 6) is 1.01. The second-order valence-corrected chi connectivity index (χ2v) is 4.74. The quantitative estimate of drug-likeness (QED) is 0.758. The first-order valence-electron chi connectivity index (χ1n) is 5.82. The first kappa shape index (κ1) is 11.4. The lowest BCUT2D eigenvalue weighted by Gasteiger charge is -2.34. The molecule has 5 heteroatoms. The molecule has 0 bridgehead atoms. The number of urea groups is 1.